The van der Waals surface area contributed by atoms with Crippen LogP contribution in [0.1, 0.15) is 12.8 Å². The number of rotatable bonds is 7. The number of amides is 1. The first kappa shape index (κ1) is 20.5. The fraction of sp³-hybridized carbons (Fsp3) is 0.435. The molecule has 2 aliphatic rings. The number of hydrogen-bond acceptors (Lipinski definition) is 5. The van der Waals surface area contributed by atoms with E-state index >= 15 is 0 Å². The molecule has 0 bridgehead atoms. The monoisotopic (exact) mass is 415 g/mol. The van der Waals surface area contributed by atoms with Crippen LogP contribution >= 0.6 is 0 Å². The summed E-state index contributed by atoms with van der Waals surface area (Å²) in [7, 11) is 0. The van der Waals surface area contributed by atoms with Gasteiger partial charge in [-0.2, -0.15) is 0 Å². The Morgan fingerprint density at radius 2 is 1.90 bits per heavy atom. The molecule has 7 heteroatoms. The molecule has 2 heterocycles. The predicted octanol–water partition coefficient (Wildman–Crippen LogP) is 3.30. The van der Waals surface area contributed by atoms with Gasteiger partial charge in [-0.05, 0) is 37.1 Å². The number of para-hydroxylation sites is 3. The highest BCUT2D eigenvalue weighted by Crippen LogP contribution is 2.30. The van der Waals surface area contributed by atoms with E-state index in [-0.39, 0.29) is 42.7 Å². The molecule has 2 aliphatic heterocycles. The van der Waals surface area contributed by atoms with Gasteiger partial charge in [-0.3, -0.25) is 4.79 Å². The lowest BCUT2D eigenvalue weighted by Crippen LogP contribution is -2.43. The summed E-state index contributed by atoms with van der Waals surface area (Å²) in [4.78, 5) is 14.3. The van der Waals surface area contributed by atoms with Crippen LogP contribution in [0.4, 0.5) is 4.39 Å². The highest BCUT2D eigenvalue weighted by molar-refractivity contribution is 5.77. The van der Waals surface area contributed by atoms with Gasteiger partial charge in [-0.15, -0.1) is 0 Å². The summed E-state index contributed by atoms with van der Waals surface area (Å²) >= 11 is 0. The molecule has 6 nitrogen and oxygen atoms in total. The molecule has 1 fully saturated rings. The maximum Gasteiger partial charge on any atom is 0.248 e. The second-order valence-corrected chi connectivity index (χ2v) is 7.60. The van der Waals surface area contributed by atoms with Crippen molar-refractivity contribution in [2.24, 2.45) is 5.92 Å². The number of carbonyl (C=O) groups is 1. The van der Waals surface area contributed by atoms with Gasteiger partial charge >= 0.3 is 0 Å². The molecule has 0 N–H and O–H groups in total. The fourth-order valence-electron chi connectivity index (χ4n) is 3.71. The van der Waals surface area contributed by atoms with E-state index in [4.69, 9.17) is 18.9 Å². The molecule has 4 rings (SSSR count). The number of hydrogen-bond donors (Lipinski definition) is 0. The average molecular weight is 415 g/mol. The first-order valence-electron chi connectivity index (χ1n) is 10.3. The number of carbonyl (C=O) groups excluding carboxylic acids is 1. The van der Waals surface area contributed by atoms with Gasteiger partial charge in [0.05, 0.1) is 13.2 Å². The van der Waals surface area contributed by atoms with E-state index < -0.39 is 0 Å². The zero-order chi connectivity index (χ0) is 20.8. The minimum atomic E-state index is -0.369. The van der Waals surface area contributed by atoms with Crippen molar-refractivity contribution in [1.29, 1.82) is 0 Å². The standard InChI is InChI=1S/C23H26FNO5/c24-19-7-1-2-8-20(19)28-13-17-6-5-11-25(12-17)23(26)16-27-14-18-15-29-21-9-3-4-10-22(21)30-18/h1-4,7-10,17-18H,5-6,11-16H2/t17-,18+/m1/s1. The van der Waals surface area contributed by atoms with Crippen LogP contribution in [0.15, 0.2) is 48.5 Å². The van der Waals surface area contributed by atoms with Crippen LogP contribution < -0.4 is 14.2 Å². The van der Waals surface area contributed by atoms with E-state index in [0.717, 1.165) is 18.6 Å². The number of halogens is 1. The molecule has 2 aromatic rings. The van der Waals surface area contributed by atoms with Crippen molar-refractivity contribution in [2.45, 2.75) is 18.9 Å². The number of benzene rings is 2. The van der Waals surface area contributed by atoms with Crippen LogP contribution in [0.25, 0.3) is 0 Å². The number of fused-ring (bicyclic) bond motifs is 1. The molecule has 1 saturated heterocycles. The zero-order valence-electron chi connectivity index (χ0n) is 16.8. The first-order valence-corrected chi connectivity index (χ1v) is 10.3. The Hall–Kier alpha value is -2.80. The van der Waals surface area contributed by atoms with Crippen molar-refractivity contribution in [1.82, 2.24) is 4.90 Å². The molecule has 0 spiro atoms. The molecule has 2 atom stereocenters. The summed E-state index contributed by atoms with van der Waals surface area (Å²) in [6.45, 7) is 2.36. The van der Waals surface area contributed by atoms with E-state index in [9.17, 15) is 9.18 Å². The van der Waals surface area contributed by atoms with Crippen LogP contribution in [-0.4, -0.2) is 56.4 Å². The summed E-state index contributed by atoms with van der Waals surface area (Å²) < 4.78 is 36.4. The van der Waals surface area contributed by atoms with Crippen LogP contribution in [0, 0.1) is 11.7 Å². The summed E-state index contributed by atoms with van der Waals surface area (Å²) in [6.07, 6.45) is 1.61. The van der Waals surface area contributed by atoms with Crippen molar-refractivity contribution >= 4 is 5.91 Å². The predicted molar refractivity (Wildman–Crippen MR) is 108 cm³/mol. The van der Waals surface area contributed by atoms with Crippen LogP contribution in [0.5, 0.6) is 17.2 Å². The zero-order valence-corrected chi connectivity index (χ0v) is 16.8. The van der Waals surface area contributed by atoms with E-state index in [1.165, 1.54) is 6.07 Å². The molecular weight excluding hydrogens is 389 g/mol. The van der Waals surface area contributed by atoms with Crippen LogP contribution in [0.3, 0.4) is 0 Å². The molecule has 0 saturated carbocycles. The lowest BCUT2D eigenvalue weighted by Gasteiger charge is -2.33. The third-order valence-corrected chi connectivity index (χ3v) is 5.28. The molecule has 0 aromatic heterocycles. The average Bonchev–Trinajstić information content (AvgIpc) is 2.78. The van der Waals surface area contributed by atoms with E-state index in [1.54, 1.807) is 23.1 Å². The van der Waals surface area contributed by atoms with Gasteiger partial charge in [0.15, 0.2) is 29.2 Å². The Kier molecular flexibility index (Phi) is 6.69. The number of nitrogens with zero attached hydrogens (tertiary/aromatic N) is 1. The Balaban J connectivity index is 1.19. The summed E-state index contributed by atoms with van der Waals surface area (Å²) in [5.41, 5.74) is 0. The van der Waals surface area contributed by atoms with E-state index in [2.05, 4.69) is 0 Å². The molecular formula is C23H26FNO5. The summed E-state index contributed by atoms with van der Waals surface area (Å²) in [5.74, 6) is 1.42. The molecule has 2 aromatic carbocycles. The van der Waals surface area contributed by atoms with E-state index in [0.29, 0.717) is 32.1 Å². The quantitative estimate of drug-likeness (QED) is 0.695. The minimum absolute atomic E-state index is 0.00238. The summed E-state index contributed by atoms with van der Waals surface area (Å²) in [6, 6.07) is 13.9. The van der Waals surface area contributed by atoms with Crippen molar-refractivity contribution in [3.05, 3.63) is 54.3 Å². The van der Waals surface area contributed by atoms with Crippen LogP contribution in [-0.2, 0) is 9.53 Å². The Labute approximate surface area is 175 Å². The Morgan fingerprint density at radius 3 is 2.77 bits per heavy atom. The minimum Gasteiger partial charge on any atom is -0.490 e. The first-order chi connectivity index (χ1) is 14.7. The largest absolute Gasteiger partial charge is 0.490 e. The third-order valence-electron chi connectivity index (χ3n) is 5.28. The Bertz CT molecular complexity index is 861. The molecule has 0 aliphatic carbocycles. The van der Waals surface area contributed by atoms with Crippen LogP contribution in [0.2, 0.25) is 0 Å². The number of ether oxygens (including phenoxy) is 4. The maximum atomic E-state index is 13.7. The van der Waals surface area contributed by atoms with Gasteiger partial charge in [-0.25, -0.2) is 4.39 Å². The lowest BCUT2D eigenvalue weighted by atomic mass is 9.99. The molecule has 160 valence electrons. The van der Waals surface area contributed by atoms with Crippen molar-refractivity contribution in [3.63, 3.8) is 0 Å². The van der Waals surface area contributed by atoms with Crippen molar-refractivity contribution in [2.75, 3.05) is 39.5 Å². The lowest BCUT2D eigenvalue weighted by molar-refractivity contribution is -0.139. The van der Waals surface area contributed by atoms with Gasteiger partial charge in [0.2, 0.25) is 5.91 Å². The molecule has 30 heavy (non-hydrogen) atoms. The van der Waals surface area contributed by atoms with Crippen molar-refractivity contribution in [3.8, 4) is 17.2 Å². The highest BCUT2D eigenvalue weighted by atomic mass is 19.1. The van der Waals surface area contributed by atoms with Gasteiger partial charge in [0.25, 0.3) is 0 Å². The molecule has 0 radical (unpaired) electrons. The normalized spacial score (nSPS) is 20.6. The molecule has 0 unspecified atom stereocenters. The van der Waals surface area contributed by atoms with Gasteiger partial charge in [0, 0.05) is 19.0 Å². The number of piperidine rings is 1. The fourth-order valence-corrected chi connectivity index (χ4v) is 3.71. The van der Waals surface area contributed by atoms with Gasteiger partial charge in [-0.1, -0.05) is 24.3 Å². The smallest absolute Gasteiger partial charge is 0.248 e. The maximum absolute atomic E-state index is 13.7. The topological polar surface area (TPSA) is 57.2 Å². The molecule has 1 amide bonds. The second-order valence-electron chi connectivity index (χ2n) is 7.60. The Morgan fingerprint density at radius 1 is 1.10 bits per heavy atom. The SMILES string of the molecule is O=C(COC[C@H]1COc2ccccc2O1)N1CCC[C@@H](COc2ccccc2F)C1. The highest BCUT2D eigenvalue weighted by Gasteiger charge is 2.25. The number of likely N-dealkylation sites (tertiary alicyclic amines) is 1. The van der Waals surface area contributed by atoms with Gasteiger partial charge < -0.3 is 23.8 Å². The van der Waals surface area contributed by atoms with Gasteiger partial charge in [0.1, 0.15) is 13.2 Å². The van der Waals surface area contributed by atoms with E-state index in [1.807, 2.05) is 24.3 Å². The summed E-state index contributed by atoms with van der Waals surface area (Å²) in [5, 5.41) is 0. The van der Waals surface area contributed by atoms with Crippen molar-refractivity contribution < 1.29 is 28.1 Å². The second kappa shape index (κ2) is 9.80. The third kappa shape index (κ3) is 5.21.